The summed E-state index contributed by atoms with van der Waals surface area (Å²) in [4.78, 5) is 17.0. The number of hydrogen-bond acceptors (Lipinski definition) is 2. The van der Waals surface area contributed by atoms with Crippen molar-refractivity contribution in [3.05, 3.63) is 64.0 Å². The van der Waals surface area contributed by atoms with E-state index in [-0.39, 0.29) is 5.91 Å². The summed E-state index contributed by atoms with van der Waals surface area (Å²) in [5.41, 5.74) is 3.83. The standard InChI is InChI=1S/C16H14BrN3O/c1-10-8-13(17)15-18-11(2)14(20(15)9-10)16(21)19-12-6-4-3-5-7-12/h3-9H,1-2H3,(H,19,21). The number of carbonyl (C=O) groups excluding carboxylic acids is 1. The lowest BCUT2D eigenvalue weighted by Crippen LogP contribution is -2.15. The van der Waals surface area contributed by atoms with Gasteiger partial charge in [0.05, 0.1) is 10.2 Å². The molecule has 1 aromatic carbocycles. The van der Waals surface area contributed by atoms with Crippen molar-refractivity contribution in [1.29, 1.82) is 0 Å². The number of fused-ring (bicyclic) bond motifs is 1. The largest absolute Gasteiger partial charge is 0.321 e. The third-order valence-electron chi connectivity index (χ3n) is 3.23. The van der Waals surface area contributed by atoms with Gasteiger partial charge in [-0.1, -0.05) is 18.2 Å². The van der Waals surface area contributed by atoms with E-state index in [0.29, 0.717) is 11.4 Å². The first kappa shape index (κ1) is 13.8. The number of pyridine rings is 1. The number of anilines is 1. The predicted molar refractivity (Wildman–Crippen MR) is 86.8 cm³/mol. The molecule has 1 amide bonds. The fraction of sp³-hybridized carbons (Fsp3) is 0.125. The average molecular weight is 344 g/mol. The highest BCUT2D eigenvalue weighted by Gasteiger charge is 2.18. The zero-order chi connectivity index (χ0) is 15.0. The van der Waals surface area contributed by atoms with Crippen LogP contribution in [0.4, 0.5) is 5.69 Å². The Kier molecular flexibility index (Phi) is 3.51. The predicted octanol–water partition coefficient (Wildman–Crippen LogP) is 3.97. The lowest BCUT2D eigenvalue weighted by Gasteiger charge is -2.07. The zero-order valence-electron chi connectivity index (χ0n) is 11.7. The third-order valence-corrected chi connectivity index (χ3v) is 3.82. The van der Waals surface area contributed by atoms with Gasteiger partial charge in [0.2, 0.25) is 0 Å². The van der Waals surface area contributed by atoms with Crippen molar-refractivity contribution in [3.8, 4) is 0 Å². The lowest BCUT2D eigenvalue weighted by molar-refractivity contribution is 0.102. The number of nitrogens with one attached hydrogen (secondary N) is 1. The number of para-hydroxylation sites is 1. The Balaban J connectivity index is 2.08. The minimum Gasteiger partial charge on any atom is -0.321 e. The molecule has 4 nitrogen and oxygen atoms in total. The lowest BCUT2D eigenvalue weighted by atomic mass is 10.2. The second-order valence-electron chi connectivity index (χ2n) is 4.92. The Morgan fingerprint density at radius 3 is 2.67 bits per heavy atom. The second-order valence-corrected chi connectivity index (χ2v) is 5.78. The van der Waals surface area contributed by atoms with Gasteiger partial charge in [0.25, 0.3) is 5.91 Å². The minimum absolute atomic E-state index is 0.163. The summed E-state index contributed by atoms with van der Waals surface area (Å²) in [5.74, 6) is -0.163. The molecule has 1 N–H and O–H groups in total. The van der Waals surface area contributed by atoms with Crippen LogP contribution in [0.3, 0.4) is 0 Å². The highest BCUT2D eigenvalue weighted by Crippen LogP contribution is 2.23. The molecule has 0 bridgehead atoms. The highest BCUT2D eigenvalue weighted by molar-refractivity contribution is 9.10. The van der Waals surface area contributed by atoms with Gasteiger partial charge in [0.1, 0.15) is 5.69 Å². The maximum atomic E-state index is 12.5. The Bertz CT molecular complexity index is 824. The quantitative estimate of drug-likeness (QED) is 0.765. The molecule has 0 radical (unpaired) electrons. The van der Waals surface area contributed by atoms with Crippen molar-refractivity contribution in [3.63, 3.8) is 0 Å². The molecule has 0 saturated carbocycles. The molecule has 2 heterocycles. The van der Waals surface area contributed by atoms with Crippen molar-refractivity contribution in [2.75, 3.05) is 5.32 Å². The van der Waals surface area contributed by atoms with Crippen LogP contribution in [0.5, 0.6) is 0 Å². The second kappa shape index (κ2) is 5.33. The van der Waals surface area contributed by atoms with Crippen molar-refractivity contribution in [2.45, 2.75) is 13.8 Å². The van der Waals surface area contributed by atoms with E-state index in [0.717, 1.165) is 21.4 Å². The number of rotatable bonds is 2. The SMILES string of the molecule is Cc1cc(Br)c2nc(C)c(C(=O)Nc3ccccc3)n2c1. The van der Waals surface area contributed by atoms with Crippen LogP contribution in [0.25, 0.3) is 5.65 Å². The molecule has 0 unspecified atom stereocenters. The van der Waals surface area contributed by atoms with E-state index in [1.165, 1.54) is 0 Å². The Morgan fingerprint density at radius 1 is 1.24 bits per heavy atom. The summed E-state index contributed by atoms with van der Waals surface area (Å²) >= 11 is 3.50. The smallest absolute Gasteiger partial charge is 0.274 e. The van der Waals surface area contributed by atoms with Crippen molar-refractivity contribution >= 4 is 33.2 Å². The molecule has 3 rings (SSSR count). The van der Waals surface area contributed by atoms with Crippen LogP contribution in [-0.2, 0) is 0 Å². The maximum absolute atomic E-state index is 12.5. The van der Waals surface area contributed by atoms with E-state index >= 15 is 0 Å². The van der Waals surface area contributed by atoms with Crippen LogP contribution in [0, 0.1) is 13.8 Å². The van der Waals surface area contributed by atoms with Gasteiger partial charge in [0.15, 0.2) is 5.65 Å². The summed E-state index contributed by atoms with van der Waals surface area (Å²) < 4.78 is 2.71. The minimum atomic E-state index is -0.163. The molecule has 5 heteroatoms. The first-order chi connectivity index (χ1) is 10.1. The van der Waals surface area contributed by atoms with E-state index in [1.54, 1.807) is 0 Å². The van der Waals surface area contributed by atoms with Gasteiger partial charge in [-0.15, -0.1) is 0 Å². The Labute approximate surface area is 131 Å². The summed E-state index contributed by atoms with van der Waals surface area (Å²) in [6.45, 7) is 3.83. The van der Waals surface area contributed by atoms with E-state index in [1.807, 2.05) is 60.8 Å². The Morgan fingerprint density at radius 2 is 1.95 bits per heavy atom. The summed E-state index contributed by atoms with van der Waals surface area (Å²) in [6.07, 6.45) is 1.92. The Hall–Kier alpha value is -2.14. The molecule has 0 aliphatic carbocycles. The fourth-order valence-corrected chi connectivity index (χ4v) is 2.97. The number of amides is 1. The van der Waals surface area contributed by atoms with Gasteiger partial charge in [-0.05, 0) is 53.5 Å². The van der Waals surface area contributed by atoms with E-state index in [4.69, 9.17) is 0 Å². The van der Waals surface area contributed by atoms with E-state index in [2.05, 4.69) is 26.2 Å². The number of aromatic nitrogens is 2. The summed E-state index contributed by atoms with van der Waals surface area (Å²) in [6, 6.07) is 11.4. The molecular weight excluding hydrogens is 330 g/mol. The molecule has 0 spiro atoms. The van der Waals surface area contributed by atoms with Gasteiger partial charge in [-0.3, -0.25) is 9.20 Å². The molecular formula is C16H14BrN3O. The van der Waals surface area contributed by atoms with Crippen molar-refractivity contribution < 1.29 is 4.79 Å². The average Bonchev–Trinajstić information content (AvgIpc) is 2.76. The van der Waals surface area contributed by atoms with Crippen LogP contribution in [0.15, 0.2) is 47.1 Å². The molecule has 0 atom stereocenters. The van der Waals surface area contributed by atoms with E-state index in [9.17, 15) is 4.79 Å². The van der Waals surface area contributed by atoms with Gasteiger partial charge in [-0.25, -0.2) is 4.98 Å². The zero-order valence-corrected chi connectivity index (χ0v) is 13.3. The van der Waals surface area contributed by atoms with Gasteiger partial charge in [0, 0.05) is 11.9 Å². The number of imidazole rings is 1. The van der Waals surface area contributed by atoms with Gasteiger partial charge >= 0.3 is 0 Å². The summed E-state index contributed by atoms with van der Waals surface area (Å²) in [7, 11) is 0. The molecule has 21 heavy (non-hydrogen) atoms. The first-order valence-electron chi connectivity index (χ1n) is 6.57. The van der Waals surface area contributed by atoms with Gasteiger partial charge < -0.3 is 5.32 Å². The molecule has 0 fully saturated rings. The summed E-state index contributed by atoms with van der Waals surface area (Å²) in [5, 5.41) is 2.90. The number of benzene rings is 1. The topological polar surface area (TPSA) is 46.4 Å². The van der Waals surface area contributed by atoms with Crippen molar-refractivity contribution in [2.24, 2.45) is 0 Å². The highest BCUT2D eigenvalue weighted by atomic mass is 79.9. The van der Waals surface area contributed by atoms with Crippen LogP contribution >= 0.6 is 15.9 Å². The van der Waals surface area contributed by atoms with Gasteiger partial charge in [-0.2, -0.15) is 0 Å². The fourth-order valence-electron chi connectivity index (χ4n) is 2.33. The van der Waals surface area contributed by atoms with Crippen LogP contribution in [0.2, 0.25) is 0 Å². The molecule has 106 valence electrons. The van der Waals surface area contributed by atoms with Crippen LogP contribution < -0.4 is 5.32 Å². The van der Waals surface area contributed by atoms with Crippen LogP contribution in [-0.4, -0.2) is 15.3 Å². The molecule has 0 aliphatic rings. The first-order valence-corrected chi connectivity index (χ1v) is 7.37. The number of hydrogen-bond donors (Lipinski definition) is 1. The number of nitrogens with zero attached hydrogens (tertiary/aromatic N) is 2. The molecule has 0 aliphatic heterocycles. The number of carbonyl (C=O) groups is 1. The molecule has 2 aromatic heterocycles. The van der Waals surface area contributed by atoms with Crippen molar-refractivity contribution in [1.82, 2.24) is 9.38 Å². The number of halogens is 1. The number of aryl methyl sites for hydroxylation is 2. The maximum Gasteiger partial charge on any atom is 0.274 e. The molecule has 0 saturated heterocycles. The molecule has 3 aromatic rings. The van der Waals surface area contributed by atoms with Crippen LogP contribution in [0.1, 0.15) is 21.7 Å². The third kappa shape index (κ3) is 2.56. The monoisotopic (exact) mass is 343 g/mol. The normalized spacial score (nSPS) is 10.8. The van der Waals surface area contributed by atoms with E-state index < -0.39 is 0 Å².